The summed E-state index contributed by atoms with van der Waals surface area (Å²) >= 11 is 0. The summed E-state index contributed by atoms with van der Waals surface area (Å²) in [6, 6.07) is 13.2. The fourth-order valence-electron chi connectivity index (χ4n) is 3.93. The molecule has 2 aromatic carbocycles. The summed E-state index contributed by atoms with van der Waals surface area (Å²) in [4.78, 5) is 14.9. The van der Waals surface area contributed by atoms with Crippen LogP contribution in [0, 0.1) is 0 Å². The molecule has 0 unspecified atom stereocenters. The Morgan fingerprint density at radius 1 is 1.06 bits per heavy atom. The van der Waals surface area contributed by atoms with Gasteiger partial charge in [-0.3, -0.25) is 4.79 Å². The van der Waals surface area contributed by atoms with Crippen LogP contribution >= 0.6 is 0 Å². The van der Waals surface area contributed by atoms with Crippen molar-refractivity contribution in [2.75, 3.05) is 25.7 Å². The molecule has 0 N–H and O–H groups in total. The monoisotopic (exact) mass is 471 g/mol. The Balaban J connectivity index is 1.83. The second kappa shape index (κ2) is 10.00. The quantitative estimate of drug-likeness (QED) is 0.565. The van der Waals surface area contributed by atoms with E-state index in [1.54, 1.807) is 37.3 Å². The van der Waals surface area contributed by atoms with Gasteiger partial charge in [-0.05, 0) is 46.7 Å². The first kappa shape index (κ1) is 24.8. The molecule has 1 aliphatic heterocycles. The minimum atomic E-state index is -3.12. The van der Waals surface area contributed by atoms with Crippen LogP contribution in [0.4, 0.5) is 0 Å². The summed E-state index contributed by atoms with van der Waals surface area (Å²) in [5.41, 5.74) is 3.01. The Labute approximate surface area is 197 Å². The predicted octanol–water partition coefficient (Wildman–Crippen LogP) is 4.23. The van der Waals surface area contributed by atoms with Crippen LogP contribution in [0.15, 0.2) is 48.5 Å². The van der Waals surface area contributed by atoms with E-state index in [4.69, 9.17) is 9.47 Å². The third kappa shape index (κ3) is 6.38. The molecule has 0 bridgehead atoms. The molecule has 7 heteroatoms. The third-order valence-electron chi connectivity index (χ3n) is 5.93. The number of ether oxygens (including phenoxy) is 2. The van der Waals surface area contributed by atoms with Crippen molar-refractivity contribution in [3.8, 4) is 11.5 Å². The van der Waals surface area contributed by atoms with Crippen LogP contribution in [0.25, 0.3) is 6.08 Å². The molecule has 1 heterocycles. The van der Waals surface area contributed by atoms with Crippen LogP contribution in [-0.4, -0.2) is 51.0 Å². The second-order valence-electron chi connectivity index (χ2n) is 9.42. The molecule has 178 valence electrons. The van der Waals surface area contributed by atoms with Crippen molar-refractivity contribution in [1.82, 2.24) is 4.90 Å². The Hall–Kier alpha value is -2.80. The topological polar surface area (TPSA) is 72.9 Å². The number of nitrogens with zero attached hydrogens (tertiary/aromatic N) is 1. The van der Waals surface area contributed by atoms with Crippen LogP contribution in [0.1, 0.15) is 43.9 Å². The summed E-state index contributed by atoms with van der Waals surface area (Å²) in [6.45, 7) is 6.82. The van der Waals surface area contributed by atoms with Gasteiger partial charge in [-0.15, -0.1) is 0 Å². The highest BCUT2D eigenvalue weighted by Gasteiger charge is 2.34. The lowest BCUT2D eigenvalue weighted by Gasteiger charge is -2.28. The van der Waals surface area contributed by atoms with Crippen molar-refractivity contribution < 1.29 is 22.7 Å². The number of hydrogen-bond donors (Lipinski definition) is 0. The first-order valence-electron chi connectivity index (χ1n) is 11.0. The molecule has 0 aliphatic carbocycles. The number of amides is 1. The van der Waals surface area contributed by atoms with Crippen molar-refractivity contribution >= 4 is 21.8 Å². The molecule has 0 saturated carbocycles. The number of carbonyl (C=O) groups excluding carboxylic acids is 1. The maximum absolute atomic E-state index is 13.2. The maximum Gasteiger partial charge on any atom is 0.247 e. The third-order valence-corrected chi connectivity index (χ3v) is 7.68. The Kier molecular flexibility index (Phi) is 7.52. The smallest absolute Gasteiger partial charge is 0.247 e. The zero-order valence-electron chi connectivity index (χ0n) is 20.0. The normalized spacial score (nSPS) is 17.8. The van der Waals surface area contributed by atoms with Crippen molar-refractivity contribution in [1.29, 1.82) is 0 Å². The highest BCUT2D eigenvalue weighted by Crippen LogP contribution is 2.28. The predicted molar refractivity (Wildman–Crippen MR) is 131 cm³/mol. The van der Waals surface area contributed by atoms with Gasteiger partial charge in [0.05, 0.1) is 25.7 Å². The SMILES string of the molecule is COc1ccc(/C=C/C(=O)N(Cc2ccc(C(C)(C)C)cc2)[C@H]2CCS(=O)(=O)C2)cc1OC. The van der Waals surface area contributed by atoms with Crippen molar-refractivity contribution in [3.05, 3.63) is 65.2 Å². The van der Waals surface area contributed by atoms with Gasteiger partial charge in [0.2, 0.25) is 5.91 Å². The average molecular weight is 472 g/mol. The number of sulfone groups is 1. The molecule has 0 spiro atoms. The summed E-state index contributed by atoms with van der Waals surface area (Å²) in [7, 11) is 0.00255. The van der Waals surface area contributed by atoms with E-state index in [0.717, 1.165) is 11.1 Å². The maximum atomic E-state index is 13.2. The lowest BCUT2D eigenvalue weighted by atomic mass is 9.86. The van der Waals surface area contributed by atoms with Gasteiger partial charge < -0.3 is 14.4 Å². The van der Waals surface area contributed by atoms with E-state index in [1.807, 2.05) is 18.2 Å². The second-order valence-corrected chi connectivity index (χ2v) is 11.6. The van der Waals surface area contributed by atoms with E-state index in [0.29, 0.717) is 24.5 Å². The van der Waals surface area contributed by atoms with Crippen molar-refractivity contribution in [2.45, 2.75) is 45.2 Å². The van der Waals surface area contributed by atoms with Crippen LogP contribution in [-0.2, 0) is 26.6 Å². The number of benzene rings is 2. The lowest BCUT2D eigenvalue weighted by molar-refractivity contribution is -0.128. The van der Waals surface area contributed by atoms with E-state index in [9.17, 15) is 13.2 Å². The molecule has 33 heavy (non-hydrogen) atoms. The molecule has 1 atom stereocenters. The van der Waals surface area contributed by atoms with Crippen LogP contribution in [0.2, 0.25) is 0 Å². The largest absolute Gasteiger partial charge is 0.493 e. The van der Waals surface area contributed by atoms with Gasteiger partial charge in [0.25, 0.3) is 0 Å². The summed E-state index contributed by atoms with van der Waals surface area (Å²) < 4.78 is 34.8. The van der Waals surface area contributed by atoms with Crippen LogP contribution in [0.3, 0.4) is 0 Å². The van der Waals surface area contributed by atoms with Gasteiger partial charge in [-0.25, -0.2) is 8.42 Å². The van der Waals surface area contributed by atoms with E-state index < -0.39 is 9.84 Å². The first-order valence-corrected chi connectivity index (χ1v) is 12.8. The molecule has 1 amide bonds. The summed E-state index contributed by atoms with van der Waals surface area (Å²) in [6.07, 6.45) is 3.66. The lowest BCUT2D eigenvalue weighted by Crippen LogP contribution is -2.39. The molecule has 1 fully saturated rings. The van der Waals surface area contributed by atoms with Gasteiger partial charge in [0.15, 0.2) is 21.3 Å². The van der Waals surface area contributed by atoms with E-state index in [-0.39, 0.29) is 28.9 Å². The summed E-state index contributed by atoms with van der Waals surface area (Å²) in [5, 5.41) is 0. The highest BCUT2D eigenvalue weighted by molar-refractivity contribution is 7.91. The molecule has 0 radical (unpaired) electrons. The Morgan fingerprint density at radius 2 is 1.73 bits per heavy atom. The Morgan fingerprint density at radius 3 is 2.27 bits per heavy atom. The van der Waals surface area contributed by atoms with Crippen molar-refractivity contribution in [3.63, 3.8) is 0 Å². The number of carbonyl (C=O) groups is 1. The fraction of sp³-hybridized carbons (Fsp3) is 0.423. The molecular formula is C26H33NO5S. The van der Waals surface area contributed by atoms with E-state index in [1.165, 1.54) is 11.6 Å². The highest BCUT2D eigenvalue weighted by atomic mass is 32.2. The van der Waals surface area contributed by atoms with Gasteiger partial charge in [0.1, 0.15) is 0 Å². The Bertz CT molecular complexity index is 1110. The molecule has 2 aromatic rings. The minimum absolute atomic E-state index is 0.00299. The standard InChI is InChI=1S/C26H33NO5S/c1-26(2,3)21-10-6-20(7-11-21)17-27(22-14-15-33(29,30)18-22)25(28)13-9-19-8-12-23(31-4)24(16-19)32-5/h6-13,16,22H,14-15,17-18H2,1-5H3/b13-9+/t22-/m0/s1. The van der Waals surface area contributed by atoms with Crippen LogP contribution in [0.5, 0.6) is 11.5 Å². The molecule has 6 nitrogen and oxygen atoms in total. The average Bonchev–Trinajstić information content (AvgIpc) is 3.14. The van der Waals surface area contributed by atoms with Gasteiger partial charge in [-0.1, -0.05) is 51.1 Å². The zero-order valence-corrected chi connectivity index (χ0v) is 20.8. The van der Waals surface area contributed by atoms with E-state index >= 15 is 0 Å². The zero-order chi connectivity index (χ0) is 24.2. The van der Waals surface area contributed by atoms with Crippen molar-refractivity contribution in [2.24, 2.45) is 0 Å². The number of rotatable bonds is 7. The molecular weight excluding hydrogens is 438 g/mol. The van der Waals surface area contributed by atoms with Gasteiger partial charge in [-0.2, -0.15) is 0 Å². The minimum Gasteiger partial charge on any atom is -0.493 e. The summed E-state index contributed by atoms with van der Waals surface area (Å²) in [5.74, 6) is 1.08. The van der Waals surface area contributed by atoms with Gasteiger partial charge >= 0.3 is 0 Å². The van der Waals surface area contributed by atoms with Crippen LogP contribution < -0.4 is 9.47 Å². The first-order chi connectivity index (χ1) is 15.5. The number of hydrogen-bond acceptors (Lipinski definition) is 5. The fourth-order valence-corrected chi connectivity index (χ4v) is 5.67. The van der Waals surface area contributed by atoms with Gasteiger partial charge in [0, 0.05) is 18.7 Å². The molecule has 1 saturated heterocycles. The van der Waals surface area contributed by atoms with E-state index in [2.05, 4.69) is 32.9 Å². The number of methoxy groups -OCH3 is 2. The molecule has 1 aliphatic rings. The molecule has 0 aromatic heterocycles. The molecule has 3 rings (SSSR count).